The molecule has 198 valence electrons. The standard InChI is InChI=1S/C28H35N3O5S/c1-2-35-26-22(9-6-15-32)23(20-10-16-37-18-20)17-24(36-26)25(33)30-13-11-28(12-14-30)27(34)29-19-31(28)21-7-4-3-5-8-21/h3-5,7-8,10,16-18,22-23,26,32H,2,6,9,11-15,19H2,1H3,(H,29,34)/t22-,23-,26-/m0/s1. The Kier molecular flexibility index (Phi) is 7.83. The molecular formula is C28H35N3O5S. The average Bonchev–Trinajstić information content (AvgIpc) is 3.57. The SMILES string of the molecule is CCO[C@H]1OC(C(=O)N2CCC3(CC2)C(=O)NCN3c2ccccc2)=C[C@@H](c2ccsc2)[C@@H]1CCCO. The van der Waals surface area contributed by atoms with Crippen LogP contribution in [0.3, 0.4) is 0 Å². The first-order chi connectivity index (χ1) is 18.1. The van der Waals surface area contributed by atoms with Crippen LogP contribution in [0.4, 0.5) is 5.69 Å². The average molecular weight is 526 g/mol. The van der Waals surface area contributed by atoms with Gasteiger partial charge in [-0.3, -0.25) is 9.59 Å². The smallest absolute Gasteiger partial charge is 0.288 e. The molecule has 2 N–H and O–H groups in total. The highest BCUT2D eigenvalue weighted by atomic mass is 32.1. The highest BCUT2D eigenvalue weighted by Crippen LogP contribution is 2.41. The maximum atomic E-state index is 13.7. The summed E-state index contributed by atoms with van der Waals surface area (Å²) in [6.45, 7) is 3.89. The normalized spacial score (nSPS) is 25.1. The number of aliphatic hydroxyl groups is 1. The fourth-order valence-electron chi connectivity index (χ4n) is 5.87. The van der Waals surface area contributed by atoms with E-state index in [9.17, 15) is 14.7 Å². The van der Waals surface area contributed by atoms with Crippen molar-refractivity contribution >= 4 is 28.8 Å². The van der Waals surface area contributed by atoms with Crippen LogP contribution in [-0.4, -0.2) is 66.6 Å². The third-order valence-electron chi connectivity index (χ3n) is 7.83. The van der Waals surface area contributed by atoms with E-state index in [4.69, 9.17) is 9.47 Å². The third kappa shape index (κ3) is 5.00. The second-order valence-corrected chi connectivity index (χ2v) is 10.6. The van der Waals surface area contributed by atoms with Gasteiger partial charge in [0.25, 0.3) is 5.91 Å². The second kappa shape index (κ2) is 11.2. The van der Waals surface area contributed by atoms with Gasteiger partial charge in [0, 0.05) is 43.8 Å². The number of carbonyl (C=O) groups excluding carboxylic acids is 2. The topological polar surface area (TPSA) is 91.3 Å². The van der Waals surface area contributed by atoms with Crippen molar-refractivity contribution in [3.63, 3.8) is 0 Å². The van der Waals surface area contributed by atoms with Crippen LogP contribution in [0.5, 0.6) is 0 Å². The summed E-state index contributed by atoms with van der Waals surface area (Å²) in [7, 11) is 0. The largest absolute Gasteiger partial charge is 0.459 e. The van der Waals surface area contributed by atoms with Crippen LogP contribution in [0.15, 0.2) is 59.0 Å². The van der Waals surface area contributed by atoms with Crippen LogP contribution in [0.2, 0.25) is 0 Å². The number of rotatable bonds is 8. The van der Waals surface area contributed by atoms with Gasteiger partial charge in [-0.1, -0.05) is 18.2 Å². The highest BCUT2D eigenvalue weighted by Gasteiger charge is 2.51. The summed E-state index contributed by atoms with van der Waals surface area (Å²) in [5.41, 5.74) is 1.48. The zero-order valence-corrected chi connectivity index (χ0v) is 22.0. The molecule has 0 aliphatic carbocycles. The maximum absolute atomic E-state index is 13.7. The zero-order valence-electron chi connectivity index (χ0n) is 21.2. The molecule has 3 aliphatic heterocycles. The van der Waals surface area contributed by atoms with Crippen LogP contribution in [0.1, 0.15) is 44.1 Å². The number of benzene rings is 1. The van der Waals surface area contributed by atoms with Gasteiger partial charge in [-0.2, -0.15) is 11.3 Å². The molecule has 2 saturated heterocycles. The number of allylic oxidation sites excluding steroid dienone is 1. The summed E-state index contributed by atoms with van der Waals surface area (Å²) >= 11 is 1.62. The second-order valence-electron chi connectivity index (χ2n) is 9.84. The Balaban J connectivity index is 1.35. The Labute approximate surface area is 221 Å². The first-order valence-corrected chi connectivity index (χ1v) is 14.0. The van der Waals surface area contributed by atoms with Gasteiger partial charge in [0.15, 0.2) is 5.76 Å². The van der Waals surface area contributed by atoms with Crippen molar-refractivity contribution in [2.45, 2.75) is 50.4 Å². The number of piperidine rings is 1. The van der Waals surface area contributed by atoms with Crippen molar-refractivity contribution in [1.29, 1.82) is 0 Å². The Morgan fingerprint density at radius 3 is 2.70 bits per heavy atom. The van der Waals surface area contributed by atoms with Crippen LogP contribution in [-0.2, 0) is 19.1 Å². The van der Waals surface area contributed by atoms with E-state index in [1.807, 2.05) is 48.7 Å². The molecule has 1 aromatic heterocycles. The van der Waals surface area contributed by atoms with Gasteiger partial charge in [0.1, 0.15) is 5.54 Å². The first kappa shape index (κ1) is 25.8. The summed E-state index contributed by atoms with van der Waals surface area (Å²) in [4.78, 5) is 30.6. The van der Waals surface area contributed by atoms with E-state index in [0.717, 1.165) is 17.7 Å². The fourth-order valence-corrected chi connectivity index (χ4v) is 6.58. The van der Waals surface area contributed by atoms with Crippen LogP contribution >= 0.6 is 11.3 Å². The van der Waals surface area contributed by atoms with Crippen LogP contribution in [0.25, 0.3) is 0 Å². The number of thiophene rings is 1. The van der Waals surface area contributed by atoms with Crippen molar-refractivity contribution in [3.8, 4) is 0 Å². The summed E-state index contributed by atoms with van der Waals surface area (Å²) in [5, 5.41) is 16.6. The minimum Gasteiger partial charge on any atom is -0.459 e. The predicted molar refractivity (Wildman–Crippen MR) is 142 cm³/mol. The number of likely N-dealkylation sites (tertiary alicyclic amines) is 1. The molecule has 0 bridgehead atoms. The molecule has 0 radical (unpaired) electrons. The molecule has 3 aliphatic rings. The Hall–Kier alpha value is -2.88. The lowest BCUT2D eigenvalue weighted by Crippen LogP contribution is -2.57. The lowest BCUT2D eigenvalue weighted by molar-refractivity contribution is -0.171. The van der Waals surface area contributed by atoms with Gasteiger partial charge in [-0.15, -0.1) is 0 Å². The summed E-state index contributed by atoms with van der Waals surface area (Å²) in [6, 6.07) is 12.0. The molecule has 1 aromatic carbocycles. The Morgan fingerprint density at radius 1 is 1.24 bits per heavy atom. The van der Waals surface area contributed by atoms with Crippen molar-refractivity contribution in [2.75, 3.05) is 37.9 Å². The quantitative estimate of drug-likeness (QED) is 0.549. The van der Waals surface area contributed by atoms with E-state index in [0.29, 0.717) is 51.4 Å². The Morgan fingerprint density at radius 2 is 2.03 bits per heavy atom. The molecule has 4 heterocycles. The number of para-hydroxylation sites is 1. The zero-order chi connectivity index (χ0) is 25.8. The number of carbonyl (C=O) groups is 2. The number of anilines is 1. The van der Waals surface area contributed by atoms with Crippen molar-refractivity contribution in [1.82, 2.24) is 10.2 Å². The summed E-state index contributed by atoms with van der Waals surface area (Å²) in [6.07, 6.45) is 3.85. The molecule has 1 spiro atoms. The molecule has 9 heteroatoms. The Bertz CT molecular complexity index is 1100. The molecule has 0 unspecified atom stereocenters. The van der Waals surface area contributed by atoms with Crippen molar-refractivity contribution in [2.24, 2.45) is 5.92 Å². The number of amides is 2. The third-order valence-corrected chi connectivity index (χ3v) is 8.53. The number of hydrogen-bond donors (Lipinski definition) is 2. The monoisotopic (exact) mass is 525 g/mol. The van der Waals surface area contributed by atoms with Gasteiger partial charge in [0.05, 0.1) is 6.67 Å². The summed E-state index contributed by atoms with van der Waals surface area (Å²) in [5.74, 6) is 0.140. The lowest BCUT2D eigenvalue weighted by Gasteiger charge is -2.44. The lowest BCUT2D eigenvalue weighted by atomic mass is 9.81. The molecule has 2 aromatic rings. The van der Waals surface area contributed by atoms with Gasteiger partial charge < -0.3 is 29.7 Å². The van der Waals surface area contributed by atoms with Gasteiger partial charge >= 0.3 is 0 Å². The van der Waals surface area contributed by atoms with Crippen LogP contribution in [0, 0.1) is 5.92 Å². The first-order valence-electron chi connectivity index (χ1n) is 13.1. The van der Waals surface area contributed by atoms with Crippen molar-refractivity contribution in [3.05, 3.63) is 64.6 Å². The van der Waals surface area contributed by atoms with Gasteiger partial charge in [-0.25, -0.2) is 0 Å². The van der Waals surface area contributed by atoms with E-state index in [2.05, 4.69) is 21.7 Å². The predicted octanol–water partition coefficient (Wildman–Crippen LogP) is 3.45. The minimum atomic E-state index is -0.650. The summed E-state index contributed by atoms with van der Waals surface area (Å²) < 4.78 is 12.2. The fraction of sp³-hybridized carbons (Fsp3) is 0.500. The number of nitrogens with zero attached hydrogens (tertiary/aromatic N) is 2. The number of nitrogens with one attached hydrogen (secondary N) is 1. The minimum absolute atomic E-state index is 0.00416. The molecule has 0 saturated carbocycles. The van der Waals surface area contributed by atoms with E-state index in [1.165, 1.54) is 0 Å². The number of ether oxygens (including phenoxy) is 2. The van der Waals surface area contributed by atoms with Crippen LogP contribution < -0.4 is 10.2 Å². The highest BCUT2D eigenvalue weighted by molar-refractivity contribution is 7.08. The van der Waals surface area contributed by atoms with E-state index in [-0.39, 0.29) is 30.3 Å². The molecule has 5 rings (SSSR count). The maximum Gasteiger partial charge on any atom is 0.288 e. The van der Waals surface area contributed by atoms with Crippen molar-refractivity contribution < 1.29 is 24.2 Å². The van der Waals surface area contributed by atoms with E-state index < -0.39 is 11.8 Å². The van der Waals surface area contributed by atoms with E-state index >= 15 is 0 Å². The van der Waals surface area contributed by atoms with Gasteiger partial charge in [-0.05, 0) is 73.2 Å². The molecule has 8 nitrogen and oxygen atoms in total. The number of aliphatic hydroxyl groups excluding tert-OH is 1. The van der Waals surface area contributed by atoms with Gasteiger partial charge in [0.2, 0.25) is 12.2 Å². The molecule has 3 atom stereocenters. The molecule has 2 fully saturated rings. The molecule has 2 amide bonds. The molecule has 37 heavy (non-hydrogen) atoms. The van der Waals surface area contributed by atoms with E-state index in [1.54, 1.807) is 16.2 Å². The number of hydrogen-bond acceptors (Lipinski definition) is 7. The molecular weight excluding hydrogens is 490 g/mol.